The van der Waals surface area contributed by atoms with Gasteiger partial charge in [0.15, 0.2) is 0 Å². The number of sulfonamides is 1. The highest BCUT2D eigenvalue weighted by Crippen LogP contribution is 2.33. The van der Waals surface area contributed by atoms with E-state index in [0.717, 1.165) is 20.8 Å². The number of carbonyl (C=O) groups is 2. The number of hydrogen-bond acceptors (Lipinski definition) is 4. The molecule has 0 spiro atoms. The summed E-state index contributed by atoms with van der Waals surface area (Å²) < 4.78 is 29.4. The van der Waals surface area contributed by atoms with Crippen LogP contribution in [0.25, 0.3) is 0 Å². The van der Waals surface area contributed by atoms with Gasteiger partial charge < -0.3 is 10.2 Å². The summed E-state index contributed by atoms with van der Waals surface area (Å²) in [5, 5.41) is 3.26. The molecule has 3 aromatic rings. The number of carbonyl (C=O) groups excluding carboxylic acids is 2. The Bertz CT molecular complexity index is 1410. The monoisotopic (exact) mass is 653 g/mol. The number of nitrogens with zero attached hydrogens (tertiary/aromatic N) is 2. The molecule has 2 atom stereocenters. The third-order valence-electron chi connectivity index (χ3n) is 6.22. The summed E-state index contributed by atoms with van der Waals surface area (Å²) in [4.78, 5) is 28.4. The fourth-order valence-corrected chi connectivity index (χ4v) is 5.89. The average molecular weight is 655 g/mol. The van der Waals surface area contributed by atoms with E-state index in [1.54, 1.807) is 25.1 Å². The highest BCUT2D eigenvalue weighted by atomic mass is 79.9. The van der Waals surface area contributed by atoms with Crippen LogP contribution in [0.15, 0.2) is 82.2 Å². The molecule has 0 radical (unpaired) electrons. The second-order valence-corrected chi connectivity index (χ2v) is 12.7. The van der Waals surface area contributed by atoms with Crippen LogP contribution in [0.5, 0.6) is 0 Å². The number of anilines is 1. The summed E-state index contributed by atoms with van der Waals surface area (Å²) in [5.41, 5.74) is 0.828. The molecule has 0 bridgehead atoms. The minimum atomic E-state index is -4.23. The zero-order valence-electron chi connectivity index (χ0n) is 21.8. The lowest BCUT2D eigenvalue weighted by Gasteiger charge is -2.32. The van der Waals surface area contributed by atoms with Gasteiger partial charge in [0.2, 0.25) is 11.8 Å². The number of amides is 2. The Morgan fingerprint density at radius 3 is 2.23 bits per heavy atom. The topological polar surface area (TPSA) is 86.8 Å². The molecule has 0 aliphatic rings. The number of rotatable bonds is 11. The molecule has 208 valence electrons. The molecule has 0 fully saturated rings. The van der Waals surface area contributed by atoms with Gasteiger partial charge in [-0.05, 0) is 68.3 Å². The van der Waals surface area contributed by atoms with Crippen molar-refractivity contribution in [2.24, 2.45) is 0 Å². The van der Waals surface area contributed by atoms with Gasteiger partial charge in [-0.1, -0.05) is 76.4 Å². The van der Waals surface area contributed by atoms with Gasteiger partial charge >= 0.3 is 0 Å². The molecule has 0 aliphatic heterocycles. The fraction of sp³-hybridized carbons (Fsp3) is 0.286. The second-order valence-electron chi connectivity index (χ2n) is 9.06. The van der Waals surface area contributed by atoms with Crippen LogP contribution in [0.3, 0.4) is 0 Å². The molecule has 2 amide bonds. The minimum Gasteiger partial charge on any atom is -0.352 e. The number of nitrogens with one attached hydrogen (secondary N) is 1. The summed E-state index contributed by atoms with van der Waals surface area (Å²) in [6.45, 7) is 4.93. The van der Waals surface area contributed by atoms with Crippen molar-refractivity contribution in [3.8, 4) is 0 Å². The molecule has 0 unspecified atom stereocenters. The zero-order chi connectivity index (χ0) is 28.7. The Morgan fingerprint density at radius 1 is 0.974 bits per heavy atom. The highest BCUT2D eigenvalue weighted by Gasteiger charge is 2.33. The third-order valence-corrected chi connectivity index (χ3v) is 9.08. The Kier molecular flexibility index (Phi) is 10.8. The van der Waals surface area contributed by atoms with Gasteiger partial charge in [0.25, 0.3) is 10.0 Å². The molecule has 0 heterocycles. The summed E-state index contributed by atoms with van der Waals surface area (Å²) in [7, 11) is -4.23. The molecule has 0 aliphatic carbocycles. The summed E-state index contributed by atoms with van der Waals surface area (Å²) in [6, 6.07) is 18.5. The first-order valence-electron chi connectivity index (χ1n) is 12.3. The van der Waals surface area contributed by atoms with Crippen LogP contribution in [0, 0.1) is 0 Å². The van der Waals surface area contributed by atoms with Crippen LogP contribution in [-0.4, -0.2) is 43.8 Å². The molecule has 0 aromatic heterocycles. The van der Waals surface area contributed by atoms with E-state index < -0.39 is 28.5 Å². The Balaban J connectivity index is 2.05. The van der Waals surface area contributed by atoms with Crippen molar-refractivity contribution in [3.05, 3.63) is 92.9 Å². The second kappa shape index (κ2) is 13.7. The van der Waals surface area contributed by atoms with Gasteiger partial charge in [-0.25, -0.2) is 8.42 Å². The maximum Gasteiger partial charge on any atom is 0.264 e. The molecule has 1 N–H and O–H groups in total. The molecule has 0 saturated heterocycles. The Hall–Kier alpha value is -2.59. The first-order valence-corrected chi connectivity index (χ1v) is 15.3. The van der Waals surface area contributed by atoms with E-state index in [9.17, 15) is 18.0 Å². The summed E-state index contributed by atoms with van der Waals surface area (Å²) >= 11 is 16.0. The predicted molar refractivity (Wildman–Crippen MR) is 159 cm³/mol. The normalized spacial score (nSPS) is 12.9. The summed E-state index contributed by atoms with van der Waals surface area (Å²) in [6.07, 6.45) is 0.718. The molecule has 39 heavy (non-hydrogen) atoms. The van der Waals surface area contributed by atoms with E-state index in [4.69, 9.17) is 23.2 Å². The SMILES string of the molecule is CC[C@@H](C)NC(=O)[C@H](C)N(Cc1ccc(Br)cc1)C(=O)CN(c1cc(Cl)ccc1Cl)S(=O)(=O)c1ccccc1. The first-order chi connectivity index (χ1) is 18.4. The highest BCUT2D eigenvalue weighted by molar-refractivity contribution is 9.10. The van der Waals surface area contributed by atoms with E-state index in [1.165, 1.54) is 35.2 Å². The van der Waals surface area contributed by atoms with Crippen molar-refractivity contribution in [1.82, 2.24) is 10.2 Å². The van der Waals surface area contributed by atoms with Crippen molar-refractivity contribution >= 4 is 66.7 Å². The lowest BCUT2D eigenvalue weighted by atomic mass is 10.1. The van der Waals surface area contributed by atoms with Gasteiger partial charge in [0.1, 0.15) is 12.6 Å². The lowest BCUT2D eigenvalue weighted by Crippen LogP contribution is -2.52. The van der Waals surface area contributed by atoms with E-state index in [0.29, 0.717) is 0 Å². The number of hydrogen-bond donors (Lipinski definition) is 1. The van der Waals surface area contributed by atoms with E-state index in [1.807, 2.05) is 38.1 Å². The molecule has 3 aromatic carbocycles. The van der Waals surface area contributed by atoms with Crippen LogP contribution in [0.2, 0.25) is 10.0 Å². The lowest BCUT2D eigenvalue weighted by molar-refractivity contribution is -0.139. The number of halogens is 3. The smallest absolute Gasteiger partial charge is 0.264 e. The maximum absolute atomic E-state index is 13.9. The minimum absolute atomic E-state index is 0.0177. The van der Waals surface area contributed by atoms with Crippen LogP contribution >= 0.6 is 39.1 Å². The fourth-order valence-electron chi connectivity index (χ4n) is 3.74. The first kappa shape index (κ1) is 30.9. The van der Waals surface area contributed by atoms with Crippen LogP contribution < -0.4 is 9.62 Å². The molecule has 3 rings (SSSR count). The zero-order valence-corrected chi connectivity index (χ0v) is 25.7. The maximum atomic E-state index is 13.9. The van der Waals surface area contributed by atoms with Crippen LogP contribution in [0.1, 0.15) is 32.8 Å². The van der Waals surface area contributed by atoms with Gasteiger partial charge in [-0.3, -0.25) is 13.9 Å². The van der Waals surface area contributed by atoms with Crippen molar-refractivity contribution in [2.45, 2.75) is 50.7 Å². The van der Waals surface area contributed by atoms with Crippen LogP contribution in [-0.2, 0) is 26.2 Å². The largest absolute Gasteiger partial charge is 0.352 e. The van der Waals surface area contributed by atoms with E-state index >= 15 is 0 Å². The Labute approximate surface area is 248 Å². The van der Waals surface area contributed by atoms with Crippen molar-refractivity contribution in [1.29, 1.82) is 0 Å². The molecule has 11 heteroatoms. The molecular formula is C28H30BrCl2N3O4S. The van der Waals surface area contributed by atoms with Gasteiger partial charge in [0, 0.05) is 22.1 Å². The molecule has 0 saturated carbocycles. The molecule has 7 nitrogen and oxygen atoms in total. The summed E-state index contributed by atoms with van der Waals surface area (Å²) in [5.74, 6) is -0.923. The van der Waals surface area contributed by atoms with Crippen molar-refractivity contribution < 1.29 is 18.0 Å². The average Bonchev–Trinajstić information content (AvgIpc) is 2.92. The van der Waals surface area contributed by atoms with Gasteiger partial charge in [-0.15, -0.1) is 0 Å². The van der Waals surface area contributed by atoms with Crippen molar-refractivity contribution in [3.63, 3.8) is 0 Å². The van der Waals surface area contributed by atoms with Crippen LogP contribution in [0.4, 0.5) is 5.69 Å². The van der Waals surface area contributed by atoms with E-state index in [2.05, 4.69) is 21.2 Å². The van der Waals surface area contributed by atoms with Gasteiger partial charge in [0.05, 0.1) is 15.6 Å². The quantitative estimate of drug-likeness (QED) is 0.264. The standard InChI is InChI=1S/C28H30BrCl2N3O4S/c1-4-19(2)32-28(36)20(3)33(17-21-10-12-22(29)13-11-21)27(35)18-34(26-16-23(30)14-15-25(26)31)39(37,38)24-8-6-5-7-9-24/h5-16,19-20H,4,17-18H2,1-3H3,(H,32,36)/t19-,20+/m1/s1. The Morgan fingerprint density at radius 2 is 1.62 bits per heavy atom. The van der Waals surface area contributed by atoms with Gasteiger partial charge in [-0.2, -0.15) is 0 Å². The number of benzene rings is 3. The predicted octanol–water partition coefficient (Wildman–Crippen LogP) is 6.28. The van der Waals surface area contributed by atoms with Crippen molar-refractivity contribution in [2.75, 3.05) is 10.8 Å². The molecular weight excluding hydrogens is 625 g/mol. The third kappa shape index (κ3) is 7.97. The van der Waals surface area contributed by atoms with E-state index in [-0.39, 0.29) is 39.1 Å².